The summed E-state index contributed by atoms with van der Waals surface area (Å²) in [7, 11) is 0. The van der Waals surface area contributed by atoms with Crippen molar-refractivity contribution in [3.05, 3.63) is 65.7 Å². The van der Waals surface area contributed by atoms with Crippen LogP contribution in [0.4, 0.5) is 5.69 Å². The molecule has 0 saturated carbocycles. The molecule has 0 amide bonds. The Morgan fingerprint density at radius 3 is 2.26 bits per heavy atom. The third-order valence-corrected chi connectivity index (χ3v) is 2.94. The number of carboxylic acid groups (broad SMARTS) is 1. The minimum atomic E-state index is -0.823. The number of hydrogen-bond donors (Lipinski definition) is 1. The molecule has 0 aliphatic carbocycles. The molecule has 3 heteroatoms. The normalized spacial score (nSPS) is 10.2. The molecule has 98 valence electrons. The van der Waals surface area contributed by atoms with Crippen molar-refractivity contribution in [1.82, 2.24) is 0 Å². The van der Waals surface area contributed by atoms with Gasteiger partial charge in [0, 0.05) is 12.2 Å². The van der Waals surface area contributed by atoms with Crippen molar-refractivity contribution in [1.29, 1.82) is 0 Å². The molecule has 1 N–H and O–H groups in total. The van der Waals surface area contributed by atoms with E-state index in [-0.39, 0.29) is 6.54 Å². The molecule has 0 spiro atoms. The van der Waals surface area contributed by atoms with Crippen LogP contribution in [0.25, 0.3) is 0 Å². The van der Waals surface area contributed by atoms with E-state index in [1.807, 2.05) is 66.4 Å². The smallest absolute Gasteiger partial charge is 0.323 e. The summed E-state index contributed by atoms with van der Waals surface area (Å²) in [5.74, 6) is -0.823. The van der Waals surface area contributed by atoms with E-state index in [4.69, 9.17) is 5.11 Å². The van der Waals surface area contributed by atoms with E-state index in [1.165, 1.54) is 5.56 Å². The number of carboxylic acids is 1. The fourth-order valence-corrected chi connectivity index (χ4v) is 1.95. The fraction of sp³-hybridized carbons (Fsp3) is 0.188. The molecule has 0 unspecified atom stereocenters. The van der Waals surface area contributed by atoms with E-state index in [0.717, 1.165) is 11.3 Å². The van der Waals surface area contributed by atoms with Crippen LogP contribution in [-0.2, 0) is 11.3 Å². The van der Waals surface area contributed by atoms with E-state index < -0.39 is 5.97 Å². The number of anilines is 1. The van der Waals surface area contributed by atoms with Gasteiger partial charge >= 0.3 is 5.97 Å². The van der Waals surface area contributed by atoms with Crippen molar-refractivity contribution >= 4 is 11.7 Å². The van der Waals surface area contributed by atoms with Gasteiger partial charge in [-0.05, 0) is 24.6 Å². The first kappa shape index (κ1) is 13.1. The molecule has 0 aromatic heterocycles. The van der Waals surface area contributed by atoms with Gasteiger partial charge in [-0.25, -0.2) is 0 Å². The Balaban J connectivity index is 2.19. The van der Waals surface area contributed by atoms with Crippen LogP contribution in [0.2, 0.25) is 0 Å². The zero-order valence-corrected chi connectivity index (χ0v) is 10.9. The average Bonchev–Trinajstić information content (AvgIpc) is 2.41. The first-order valence-corrected chi connectivity index (χ1v) is 6.22. The lowest BCUT2D eigenvalue weighted by molar-refractivity contribution is -0.135. The third-order valence-electron chi connectivity index (χ3n) is 2.94. The molecule has 0 saturated heterocycles. The summed E-state index contributed by atoms with van der Waals surface area (Å²) in [5, 5.41) is 9.03. The molecule has 0 radical (unpaired) electrons. The van der Waals surface area contributed by atoms with Crippen LogP contribution in [0, 0.1) is 6.92 Å². The first-order valence-electron chi connectivity index (χ1n) is 6.22. The number of hydrogen-bond acceptors (Lipinski definition) is 2. The Bertz CT molecular complexity index is 534. The molecule has 19 heavy (non-hydrogen) atoms. The van der Waals surface area contributed by atoms with E-state index in [0.29, 0.717) is 6.54 Å². The highest BCUT2D eigenvalue weighted by atomic mass is 16.4. The Labute approximate surface area is 113 Å². The van der Waals surface area contributed by atoms with Crippen molar-refractivity contribution in [2.45, 2.75) is 13.5 Å². The van der Waals surface area contributed by atoms with Crippen molar-refractivity contribution in [3.63, 3.8) is 0 Å². The number of rotatable bonds is 5. The number of nitrogens with zero attached hydrogens (tertiary/aromatic N) is 1. The van der Waals surface area contributed by atoms with Crippen LogP contribution in [0.1, 0.15) is 11.1 Å². The SMILES string of the molecule is Cc1ccc(CN(CC(=O)O)c2ccccc2)cc1. The van der Waals surface area contributed by atoms with Crippen LogP contribution in [0.15, 0.2) is 54.6 Å². The van der Waals surface area contributed by atoms with E-state index in [1.54, 1.807) is 0 Å². The van der Waals surface area contributed by atoms with E-state index in [2.05, 4.69) is 0 Å². The quantitative estimate of drug-likeness (QED) is 0.892. The van der Waals surface area contributed by atoms with Gasteiger partial charge in [0.05, 0.1) is 0 Å². The Morgan fingerprint density at radius 1 is 1.05 bits per heavy atom. The number of carbonyl (C=O) groups is 1. The summed E-state index contributed by atoms with van der Waals surface area (Å²) in [5.41, 5.74) is 3.23. The molecule has 3 nitrogen and oxygen atoms in total. The second kappa shape index (κ2) is 6.05. The maximum absolute atomic E-state index is 11.0. The topological polar surface area (TPSA) is 40.5 Å². The molecule has 0 atom stereocenters. The number of aliphatic carboxylic acids is 1. The largest absolute Gasteiger partial charge is 0.480 e. The van der Waals surface area contributed by atoms with Crippen LogP contribution in [0.5, 0.6) is 0 Å². The van der Waals surface area contributed by atoms with Gasteiger partial charge < -0.3 is 10.0 Å². The Kier molecular flexibility index (Phi) is 4.18. The summed E-state index contributed by atoms with van der Waals surface area (Å²) in [6.45, 7) is 2.63. The minimum absolute atomic E-state index is 0.00209. The van der Waals surface area contributed by atoms with Crippen LogP contribution >= 0.6 is 0 Å². The van der Waals surface area contributed by atoms with Gasteiger partial charge in [-0.1, -0.05) is 48.0 Å². The van der Waals surface area contributed by atoms with Crippen molar-refractivity contribution < 1.29 is 9.90 Å². The zero-order chi connectivity index (χ0) is 13.7. The Morgan fingerprint density at radius 2 is 1.68 bits per heavy atom. The highest BCUT2D eigenvalue weighted by Gasteiger charge is 2.10. The molecule has 2 aromatic carbocycles. The highest BCUT2D eigenvalue weighted by molar-refractivity contribution is 5.73. The van der Waals surface area contributed by atoms with Crippen molar-refractivity contribution in [2.75, 3.05) is 11.4 Å². The predicted molar refractivity (Wildman–Crippen MR) is 76.3 cm³/mol. The second-order valence-corrected chi connectivity index (χ2v) is 4.57. The van der Waals surface area contributed by atoms with E-state index >= 15 is 0 Å². The number of benzene rings is 2. The van der Waals surface area contributed by atoms with E-state index in [9.17, 15) is 4.79 Å². The van der Waals surface area contributed by atoms with Gasteiger partial charge in [0.15, 0.2) is 0 Å². The molecule has 2 rings (SSSR count). The maximum Gasteiger partial charge on any atom is 0.323 e. The molecule has 0 aliphatic rings. The van der Waals surface area contributed by atoms with Gasteiger partial charge in [0.1, 0.15) is 6.54 Å². The second-order valence-electron chi connectivity index (χ2n) is 4.57. The number of para-hydroxylation sites is 1. The maximum atomic E-state index is 11.0. The lowest BCUT2D eigenvalue weighted by atomic mass is 10.1. The molecule has 0 aliphatic heterocycles. The minimum Gasteiger partial charge on any atom is -0.480 e. The molecular formula is C16H17NO2. The summed E-state index contributed by atoms with van der Waals surface area (Å²) in [6.07, 6.45) is 0. The Hall–Kier alpha value is -2.29. The highest BCUT2D eigenvalue weighted by Crippen LogP contribution is 2.16. The van der Waals surface area contributed by atoms with Gasteiger partial charge in [0.25, 0.3) is 0 Å². The predicted octanol–water partition coefficient (Wildman–Crippen LogP) is 3.09. The molecule has 0 heterocycles. The molecular weight excluding hydrogens is 238 g/mol. The van der Waals surface area contributed by atoms with Crippen LogP contribution < -0.4 is 4.90 Å². The van der Waals surface area contributed by atoms with Crippen molar-refractivity contribution in [2.24, 2.45) is 0 Å². The van der Waals surface area contributed by atoms with Gasteiger partial charge in [-0.2, -0.15) is 0 Å². The van der Waals surface area contributed by atoms with Crippen LogP contribution in [-0.4, -0.2) is 17.6 Å². The lowest BCUT2D eigenvalue weighted by Crippen LogP contribution is -2.29. The fourth-order valence-electron chi connectivity index (χ4n) is 1.95. The number of aryl methyl sites for hydroxylation is 1. The summed E-state index contributed by atoms with van der Waals surface area (Å²) in [6, 6.07) is 17.8. The average molecular weight is 255 g/mol. The van der Waals surface area contributed by atoms with Gasteiger partial charge in [-0.3, -0.25) is 4.79 Å². The van der Waals surface area contributed by atoms with Crippen LogP contribution in [0.3, 0.4) is 0 Å². The standard InChI is InChI=1S/C16H17NO2/c1-13-7-9-14(10-8-13)11-17(12-16(18)19)15-5-3-2-4-6-15/h2-10H,11-12H2,1H3,(H,18,19). The first-order chi connectivity index (χ1) is 9.15. The van der Waals surface area contributed by atoms with Gasteiger partial charge in [0.2, 0.25) is 0 Å². The molecule has 0 bridgehead atoms. The zero-order valence-electron chi connectivity index (χ0n) is 10.9. The monoisotopic (exact) mass is 255 g/mol. The third kappa shape index (κ3) is 3.85. The summed E-state index contributed by atoms with van der Waals surface area (Å²) in [4.78, 5) is 12.8. The summed E-state index contributed by atoms with van der Waals surface area (Å²) < 4.78 is 0. The van der Waals surface area contributed by atoms with Crippen molar-refractivity contribution in [3.8, 4) is 0 Å². The molecule has 0 fully saturated rings. The summed E-state index contributed by atoms with van der Waals surface area (Å²) >= 11 is 0. The van der Waals surface area contributed by atoms with Gasteiger partial charge in [-0.15, -0.1) is 0 Å². The lowest BCUT2D eigenvalue weighted by Gasteiger charge is -2.23. The molecule has 2 aromatic rings.